The second-order valence-corrected chi connectivity index (χ2v) is 10.7. The summed E-state index contributed by atoms with van der Waals surface area (Å²) in [6, 6.07) is 21.2. The lowest BCUT2D eigenvalue weighted by atomic mass is 9.77. The molecule has 3 aromatic carbocycles. The smallest absolute Gasteiger partial charge is 0.264 e. The van der Waals surface area contributed by atoms with Crippen LogP contribution in [-0.2, 0) is 11.3 Å². The van der Waals surface area contributed by atoms with Crippen LogP contribution in [0.25, 0.3) is 22.8 Å². The molecule has 2 aromatic heterocycles. The summed E-state index contributed by atoms with van der Waals surface area (Å²) < 4.78 is 30.2. The van der Waals surface area contributed by atoms with Gasteiger partial charge in [0.2, 0.25) is 0 Å². The van der Waals surface area contributed by atoms with Crippen molar-refractivity contribution in [3.8, 4) is 5.69 Å². The van der Waals surface area contributed by atoms with E-state index in [1.165, 1.54) is 46.4 Å². The number of halogens is 2. The fourth-order valence-electron chi connectivity index (χ4n) is 6.00. The van der Waals surface area contributed by atoms with E-state index in [4.69, 9.17) is 5.10 Å². The first-order valence-corrected chi connectivity index (χ1v) is 14.1. The van der Waals surface area contributed by atoms with Crippen LogP contribution in [0.5, 0.6) is 0 Å². The monoisotopic (exact) mass is 576 g/mol. The van der Waals surface area contributed by atoms with Crippen LogP contribution in [0, 0.1) is 17.6 Å². The molecule has 0 radical (unpaired) electrons. The van der Waals surface area contributed by atoms with Gasteiger partial charge in [-0.15, -0.1) is 0 Å². The van der Waals surface area contributed by atoms with Crippen LogP contribution in [0.4, 0.5) is 8.78 Å². The highest BCUT2D eigenvalue weighted by molar-refractivity contribution is 6.08. The van der Waals surface area contributed by atoms with Crippen LogP contribution < -0.4 is 5.56 Å². The van der Waals surface area contributed by atoms with Gasteiger partial charge >= 0.3 is 0 Å². The molecule has 43 heavy (non-hydrogen) atoms. The van der Waals surface area contributed by atoms with Gasteiger partial charge in [-0.2, -0.15) is 10.2 Å². The molecule has 214 valence electrons. The summed E-state index contributed by atoms with van der Waals surface area (Å²) >= 11 is 0. The lowest BCUT2D eigenvalue weighted by Gasteiger charge is -2.29. The molecule has 0 spiro atoms. The minimum absolute atomic E-state index is 0.115. The fraction of sp³-hybridized carbons (Fsp3) is 0.182. The number of para-hydroxylation sites is 1. The zero-order chi connectivity index (χ0) is 29.5. The van der Waals surface area contributed by atoms with E-state index in [1.807, 2.05) is 36.4 Å². The third-order valence-corrected chi connectivity index (χ3v) is 8.04. The van der Waals surface area contributed by atoms with Crippen LogP contribution in [0.1, 0.15) is 36.4 Å². The molecule has 0 unspecified atom stereocenters. The van der Waals surface area contributed by atoms with Crippen LogP contribution in [0.3, 0.4) is 0 Å². The first-order chi connectivity index (χ1) is 21.0. The lowest BCUT2D eigenvalue weighted by Crippen LogP contribution is -2.36. The largest absolute Gasteiger partial charge is 0.289 e. The van der Waals surface area contributed by atoms with E-state index in [0.717, 1.165) is 47.4 Å². The summed E-state index contributed by atoms with van der Waals surface area (Å²) in [4.78, 5) is 31.8. The zero-order valence-electron chi connectivity index (χ0n) is 23.0. The van der Waals surface area contributed by atoms with Crippen molar-refractivity contribution in [3.05, 3.63) is 130 Å². The predicted molar refractivity (Wildman–Crippen MR) is 158 cm³/mol. The highest BCUT2D eigenvalue weighted by atomic mass is 19.1. The molecular formula is C33H26F2N6O2. The zero-order valence-corrected chi connectivity index (χ0v) is 23.0. The Morgan fingerprint density at radius 2 is 1.67 bits per heavy atom. The molecule has 8 nitrogen and oxygen atoms in total. The van der Waals surface area contributed by atoms with Crippen molar-refractivity contribution in [3.63, 3.8) is 0 Å². The maximum atomic E-state index is 13.9. The van der Waals surface area contributed by atoms with Crippen LogP contribution in [0.2, 0.25) is 0 Å². The van der Waals surface area contributed by atoms with E-state index in [0.29, 0.717) is 11.0 Å². The molecule has 3 heterocycles. The lowest BCUT2D eigenvalue weighted by molar-refractivity contribution is -0.134. The summed E-state index contributed by atoms with van der Waals surface area (Å²) in [5.41, 5.74) is 4.12. The predicted octanol–water partition coefficient (Wildman–Crippen LogP) is 5.68. The topological polar surface area (TPSA) is 85.4 Å². The minimum atomic E-state index is -0.465. The summed E-state index contributed by atoms with van der Waals surface area (Å²) in [5.74, 6) is -1.19. The number of hydrogen-bond acceptors (Lipinski definition) is 5. The number of nitrogens with zero attached hydrogens (tertiary/aromatic N) is 6. The fourth-order valence-corrected chi connectivity index (χ4v) is 6.00. The standard InChI is InChI=1S/C33H26F2N6O2/c34-24-13-9-21(10-14-24)17-23-5-4-8-27-30(23)38-41(31(27)22-11-15-25(35)16-12-22)29(42)19-39-20-36-32-28(33(39)43)18-37-40(32)26-6-2-1-3-7-26/h1-3,6-7,9-18,20,27,31H,4-5,8,19H2/b23-17-/t27-,31+/m0/s1. The molecule has 1 saturated carbocycles. The number of rotatable bonds is 5. The first-order valence-electron chi connectivity index (χ1n) is 14.1. The number of carbonyl (C=O) groups excluding carboxylic acids is 1. The minimum Gasteiger partial charge on any atom is -0.289 e. The van der Waals surface area contributed by atoms with Crippen LogP contribution in [0.15, 0.2) is 107 Å². The van der Waals surface area contributed by atoms with Gasteiger partial charge in [0.05, 0.1) is 23.6 Å². The molecule has 7 rings (SSSR count). The van der Waals surface area contributed by atoms with Gasteiger partial charge in [-0.25, -0.2) is 23.5 Å². The second kappa shape index (κ2) is 10.9. The Morgan fingerprint density at radius 1 is 0.953 bits per heavy atom. The first kappa shape index (κ1) is 26.6. The maximum absolute atomic E-state index is 13.9. The van der Waals surface area contributed by atoms with Gasteiger partial charge in [0.1, 0.15) is 29.9 Å². The Balaban J connectivity index is 1.24. The third kappa shape index (κ3) is 4.94. The molecule has 1 fully saturated rings. The van der Waals surface area contributed by atoms with Gasteiger partial charge in [-0.3, -0.25) is 14.2 Å². The van der Waals surface area contributed by atoms with Gasteiger partial charge in [-0.05, 0) is 78.4 Å². The van der Waals surface area contributed by atoms with Crippen molar-refractivity contribution in [2.75, 3.05) is 0 Å². The Morgan fingerprint density at radius 3 is 2.42 bits per heavy atom. The normalized spacial score (nSPS) is 19.1. The van der Waals surface area contributed by atoms with Crippen molar-refractivity contribution in [1.82, 2.24) is 24.3 Å². The Bertz CT molecular complexity index is 1950. The maximum Gasteiger partial charge on any atom is 0.264 e. The van der Waals surface area contributed by atoms with Crippen molar-refractivity contribution in [1.29, 1.82) is 0 Å². The van der Waals surface area contributed by atoms with E-state index in [2.05, 4.69) is 10.1 Å². The Labute approximate surface area is 245 Å². The van der Waals surface area contributed by atoms with Gasteiger partial charge in [-0.1, -0.05) is 42.5 Å². The molecule has 0 bridgehead atoms. The van der Waals surface area contributed by atoms with Crippen molar-refractivity contribution >= 4 is 28.7 Å². The van der Waals surface area contributed by atoms with E-state index >= 15 is 0 Å². The van der Waals surface area contributed by atoms with Crippen LogP contribution >= 0.6 is 0 Å². The van der Waals surface area contributed by atoms with E-state index in [-0.39, 0.29) is 29.7 Å². The summed E-state index contributed by atoms with van der Waals surface area (Å²) in [7, 11) is 0. The molecule has 2 atom stereocenters. The SMILES string of the molecule is O=C(Cn1cnc2c(cnn2-c2ccccc2)c1=O)N1N=C2/C(=C\c3ccc(F)cc3)CCC[C@@H]2[C@H]1c1ccc(F)cc1. The third-order valence-electron chi connectivity index (χ3n) is 8.04. The molecule has 1 aliphatic carbocycles. The van der Waals surface area contributed by atoms with Gasteiger partial charge in [0.15, 0.2) is 5.65 Å². The molecular weight excluding hydrogens is 550 g/mol. The number of hydrogen-bond donors (Lipinski definition) is 0. The van der Waals surface area contributed by atoms with Gasteiger partial charge in [0, 0.05) is 5.92 Å². The highest BCUT2D eigenvalue weighted by Gasteiger charge is 2.43. The number of benzene rings is 3. The van der Waals surface area contributed by atoms with Crippen molar-refractivity contribution < 1.29 is 13.6 Å². The van der Waals surface area contributed by atoms with E-state index in [1.54, 1.807) is 28.9 Å². The number of fused-ring (bicyclic) bond motifs is 2. The molecule has 5 aromatic rings. The summed E-state index contributed by atoms with van der Waals surface area (Å²) in [5, 5.41) is 10.9. The van der Waals surface area contributed by atoms with Crippen LogP contribution in [-0.4, -0.2) is 36.0 Å². The Hall–Kier alpha value is -5.25. The molecule has 1 aliphatic heterocycles. The second-order valence-electron chi connectivity index (χ2n) is 10.7. The van der Waals surface area contributed by atoms with E-state index < -0.39 is 11.9 Å². The number of allylic oxidation sites excluding steroid dienone is 1. The highest BCUT2D eigenvalue weighted by Crippen LogP contribution is 2.44. The average Bonchev–Trinajstić information content (AvgIpc) is 3.64. The quantitative estimate of drug-likeness (QED) is 0.269. The van der Waals surface area contributed by atoms with Gasteiger partial charge < -0.3 is 0 Å². The Kier molecular flexibility index (Phi) is 6.73. The molecule has 1 amide bonds. The van der Waals surface area contributed by atoms with Crippen molar-refractivity contribution in [2.24, 2.45) is 11.0 Å². The molecule has 0 N–H and O–H groups in total. The van der Waals surface area contributed by atoms with E-state index in [9.17, 15) is 18.4 Å². The summed E-state index contributed by atoms with van der Waals surface area (Å²) in [6.07, 6.45) is 7.21. The summed E-state index contributed by atoms with van der Waals surface area (Å²) in [6.45, 7) is -0.281. The number of hydrazone groups is 1. The molecule has 10 heteroatoms. The van der Waals surface area contributed by atoms with Gasteiger partial charge in [0.25, 0.3) is 11.5 Å². The van der Waals surface area contributed by atoms with Crippen molar-refractivity contribution in [2.45, 2.75) is 31.8 Å². The molecule has 0 saturated heterocycles. The number of carbonyl (C=O) groups is 1. The average molecular weight is 577 g/mol. The number of aromatic nitrogens is 4. The number of amides is 1. The molecule has 2 aliphatic rings.